The molecule has 7 N–H and O–H groups in total. The Morgan fingerprint density at radius 2 is 1.59 bits per heavy atom. The zero-order chi connectivity index (χ0) is 29.9. The van der Waals surface area contributed by atoms with E-state index in [0.29, 0.717) is 22.7 Å². The number of hydrogen-bond donors (Lipinski definition) is 7. The molecule has 2 aliphatic rings. The normalized spacial score (nSPS) is 17.0. The average molecular weight is 594 g/mol. The lowest BCUT2D eigenvalue weighted by Gasteiger charge is -2.18. The first kappa shape index (κ1) is 32.3. The van der Waals surface area contributed by atoms with Gasteiger partial charge in [0.1, 0.15) is 5.82 Å². The van der Waals surface area contributed by atoms with Gasteiger partial charge in [0.25, 0.3) is 5.91 Å². The van der Waals surface area contributed by atoms with Crippen LogP contribution in [0, 0.1) is 5.82 Å². The van der Waals surface area contributed by atoms with Gasteiger partial charge < -0.3 is 36.4 Å². The van der Waals surface area contributed by atoms with Gasteiger partial charge in [-0.2, -0.15) is 0 Å². The van der Waals surface area contributed by atoms with Crippen molar-refractivity contribution in [3.05, 3.63) is 63.4 Å². The number of rotatable bonds is 8. The molecule has 1 amide bonds. The lowest BCUT2D eigenvalue weighted by Crippen LogP contribution is -2.39. The molecular formula is C29H37ClFN3O7. The summed E-state index contributed by atoms with van der Waals surface area (Å²) in [5.41, 5.74) is 4.27. The number of carboxylic acid groups (broad SMARTS) is 2. The van der Waals surface area contributed by atoms with Crippen LogP contribution in [0.1, 0.15) is 65.6 Å². The van der Waals surface area contributed by atoms with Gasteiger partial charge in [-0.05, 0) is 68.1 Å². The van der Waals surface area contributed by atoms with Gasteiger partial charge in [0.15, 0.2) is 12.2 Å². The van der Waals surface area contributed by atoms with Crippen molar-refractivity contribution in [2.45, 2.75) is 76.2 Å². The van der Waals surface area contributed by atoms with Crippen LogP contribution in [0.25, 0.3) is 0 Å². The molecule has 0 spiro atoms. The summed E-state index contributed by atoms with van der Waals surface area (Å²) in [6.45, 7) is 2.17. The zero-order valence-electron chi connectivity index (χ0n) is 22.7. The highest BCUT2D eigenvalue weighted by molar-refractivity contribution is 6.33. The van der Waals surface area contributed by atoms with Crippen LogP contribution >= 0.6 is 11.6 Å². The number of nitrogens with one attached hydrogen (secondary N) is 3. The number of amides is 1. The largest absolute Gasteiger partial charge is 0.479 e. The first-order chi connectivity index (χ1) is 19.6. The van der Waals surface area contributed by atoms with Crippen molar-refractivity contribution in [1.29, 1.82) is 0 Å². The number of aliphatic carboxylic acids is 2. The molecule has 2 aromatic carbocycles. The van der Waals surface area contributed by atoms with E-state index in [9.17, 15) is 18.8 Å². The molecule has 1 heterocycles. The molecule has 224 valence electrons. The van der Waals surface area contributed by atoms with Crippen molar-refractivity contribution < 1.29 is 39.2 Å². The van der Waals surface area contributed by atoms with E-state index < -0.39 is 24.1 Å². The van der Waals surface area contributed by atoms with Gasteiger partial charge in [0.05, 0.1) is 10.7 Å². The Balaban J connectivity index is 0.000000397. The fraction of sp³-hybridized carbons (Fsp3) is 0.483. The Kier molecular flexibility index (Phi) is 12.3. The van der Waals surface area contributed by atoms with Gasteiger partial charge in [-0.15, -0.1) is 0 Å². The fourth-order valence-corrected chi connectivity index (χ4v) is 5.16. The number of aliphatic hydroxyl groups is 2. The van der Waals surface area contributed by atoms with Gasteiger partial charge >= 0.3 is 11.9 Å². The van der Waals surface area contributed by atoms with Crippen LogP contribution in [-0.2, 0) is 29.0 Å². The summed E-state index contributed by atoms with van der Waals surface area (Å²) in [4.78, 5) is 32.1. The number of aliphatic hydroxyl groups excluding tert-OH is 2. The molecule has 4 rings (SSSR count). The van der Waals surface area contributed by atoms with Gasteiger partial charge in [-0.3, -0.25) is 4.79 Å². The predicted molar refractivity (Wildman–Crippen MR) is 152 cm³/mol. The van der Waals surface area contributed by atoms with Crippen LogP contribution in [0.15, 0.2) is 30.3 Å². The fourth-order valence-electron chi connectivity index (χ4n) is 4.91. The number of hydrogen-bond acceptors (Lipinski definition) is 7. The van der Waals surface area contributed by atoms with Gasteiger partial charge in [0.2, 0.25) is 0 Å². The number of carbonyl (C=O) groups is 3. The first-order valence-corrected chi connectivity index (χ1v) is 14.1. The van der Waals surface area contributed by atoms with E-state index in [0.717, 1.165) is 57.3 Å². The topological polar surface area (TPSA) is 168 Å². The van der Waals surface area contributed by atoms with Crippen molar-refractivity contribution in [3.8, 4) is 0 Å². The maximum absolute atomic E-state index is 14.8. The maximum atomic E-state index is 14.8. The number of halogens is 2. The molecule has 1 aliphatic heterocycles. The molecule has 0 bridgehead atoms. The molecule has 1 saturated carbocycles. The van der Waals surface area contributed by atoms with E-state index in [1.165, 1.54) is 30.0 Å². The SMILES string of the molecule is O=C(NC1CCCCCC1)c1ccc(CNc2c(Cl)ccc3c2CCNCC3)c(F)c1.O=C(O)[C@H](O)[C@@H](O)C(=O)O. The summed E-state index contributed by atoms with van der Waals surface area (Å²) >= 11 is 6.46. The Hall–Kier alpha value is -3.25. The van der Waals surface area contributed by atoms with Crippen LogP contribution in [-0.4, -0.2) is 69.6 Å². The van der Waals surface area contributed by atoms with Crippen molar-refractivity contribution >= 4 is 35.1 Å². The van der Waals surface area contributed by atoms with E-state index in [1.54, 1.807) is 12.1 Å². The molecule has 0 saturated heterocycles. The minimum atomic E-state index is -2.27. The number of carboxylic acids is 2. The minimum absolute atomic E-state index is 0.186. The summed E-state index contributed by atoms with van der Waals surface area (Å²) in [5.74, 6) is -4.10. The van der Waals surface area contributed by atoms with Crippen molar-refractivity contribution in [2.24, 2.45) is 0 Å². The van der Waals surface area contributed by atoms with Crippen molar-refractivity contribution in [1.82, 2.24) is 10.6 Å². The number of carbonyl (C=O) groups excluding carboxylic acids is 1. The molecule has 0 radical (unpaired) electrons. The van der Waals surface area contributed by atoms with Crippen molar-refractivity contribution in [3.63, 3.8) is 0 Å². The molecule has 0 aromatic heterocycles. The lowest BCUT2D eigenvalue weighted by atomic mass is 10.0. The van der Waals surface area contributed by atoms with Crippen molar-refractivity contribution in [2.75, 3.05) is 18.4 Å². The predicted octanol–water partition coefficient (Wildman–Crippen LogP) is 3.11. The Labute approximate surface area is 242 Å². The smallest absolute Gasteiger partial charge is 0.335 e. The monoisotopic (exact) mass is 593 g/mol. The molecule has 1 fully saturated rings. The molecule has 12 heteroatoms. The molecule has 2 atom stereocenters. The standard InChI is InChI=1S/C25H31ClFN3O.C4H6O6/c26-22-10-9-17-11-13-28-14-12-21(17)24(22)29-16-19-8-7-18(15-23(19)27)25(31)30-20-5-3-1-2-4-6-20;5-1(3(7)8)2(6)4(9)10/h7-10,15,20,28-29H,1-6,11-14,16H2,(H,30,31);1-2,5-6H,(H,7,8)(H,9,10)/t;1-,2-/m.1/s1. The number of benzene rings is 2. The Bertz CT molecular complexity index is 1200. The van der Waals surface area contributed by atoms with Crippen LogP contribution in [0.2, 0.25) is 5.02 Å². The third-order valence-electron chi connectivity index (χ3n) is 7.25. The van der Waals surface area contributed by atoms with Crippen LogP contribution in [0.4, 0.5) is 10.1 Å². The lowest BCUT2D eigenvalue weighted by molar-refractivity contribution is -0.165. The van der Waals surface area contributed by atoms with E-state index in [2.05, 4.69) is 22.0 Å². The second kappa shape index (κ2) is 15.7. The summed E-state index contributed by atoms with van der Waals surface area (Å²) in [5, 5.41) is 43.0. The summed E-state index contributed by atoms with van der Waals surface area (Å²) in [7, 11) is 0. The quantitative estimate of drug-likeness (QED) is 0.227. The van der Waals surface area contributed by atoms with Crippen LogP contribution in [0.3, 0.4) is 0 Å². The number of anilines is 1. The summed E-state index contributed by atoms with van der Waals surface area (Å²) in [6.07, 6.45) is 4.08. The average Bonchev–Trinajstić information content (AvgIpc) is 3.35. The van der Waals surface area contributed by atoms with Gasteiger partial charge in [-0.25, -0.2) is 14.0 Å². The van der Waals surface area contributed by atoms with Crippen LogP contribution < -0.4 is 16.0 Å². The second-order valence-corrected chi connectivity index (χ2v) is 10.6. The van der Waals surface area contributed by atoms with E-state index in [4.69, 9.17) is 32.0 Å². The van der Waals surface area contributed by atoms with E-state index in [-0.39, 0.29) is 17.8 Å². The third-order valence-corrected chi connectivity index (χ3v) is 7.56. The molecule has 2 aromatic rings. The maximum Gasteiger partial charge on any atom is 0.335 e. The highest BCUT2D eigenvalue weighted by atomic mass is 35.5. The molecule has 10 nitrogen and oxygen atoms in total. The third kappa shape index (κ3) is 9.39. The molecule has 1 aliphatic carbocycles. The zero-order valence-corrected chi connectivity index (χ0v) is 23.4. The Morgan fingerprint density at radius 3 is 2.20 bits per heavy atom. The molecule has 0 unspecified atom stereocenters. The summed E-state index contributed by atoms with van der Waals surface area (Å²) in [6, 6.07) is 8.94. The number of fused-ring (bicyclic) bond motifs is 1. The molecule has 41 heavy (non-hydrogen) atoms. The first-order valence-electron chi connectivity index (χ1n) is 13.7. The van der Waals surface area contributed by atoms with E-state index in [1.807, 2.05) is 6.07 Å². The van der Waals surface area contributed by atoms with Gasteiger partial charge in [0, 0.05) is 23.7 Å². The highest BCUT2D eigenvalue weighted by Gasteiger charge is 2.29. The second-order valence-electron chi connectivity index (χ2n) is 10.2. The summed E-state index contributed by atoms with van der Waals surface area (Å²) < 4.78 is 14.8. The van der Waals surface area contributed by atoms with Crippen LogP contribution in [0.5, 0.6) is 0 Å². The van der Waals surface area contributed by atoms with E-state index >= 15 is 0 Å². The minimum Gasteiger partial charge on any atom is -0.479 e. The highest BCUT2D eigenvalue weighted by Crippen LogP contribution is 2.31. The molecular weight excluding hydrogens is 557 g/mol. The Morgan fingerprint density at radius 1 is 0.951 bits per heavy atom. The van der Waals surface area contributed by atoms with Gasteiger partial charge in [-0.1, -0.05) is 49.4 Å².